The second-order valence-corrected chi connectivity index (χ2v) is 5.61. The molecule has 2 rings (SSSR count). The minimum atomic E-state index is 0.0712. The van der Waals surface area contributed by atoms with Gasteiger partial charge in [0.25, 0.3) is 0 Å². The molecule has 1 N–H and O–H groups in total. The normalized spacial score (nSPS) is 17.9. The molecule has 1 aromatic rings. The molecule has 3 heteroatoms. The third-order valence-electron chi connectivity index (χ3n) is 4.09. The van der Waals surface area contributed by atoms with Crippen LogP contribution in [-0.2, 0) is 4.79 Å². The second-order valence-electron chi connectivity index (χ2n) is 5.61. The van der Waals surface area contributed by atoms with Crippen LogP contribution in [0.4, 0.5) is 0 Å². The second kappa shape index (κ2) is 7.27. The van der Waals surface area contributed by atoms with E-state index in [0.717, 1.165) is 17.9 Å². The van der Waals surface area contributed by atoms with Gasteiger partial charge < -0.3 is 5.32 Å². The highest BCUT2D eigenvalue weighted by Crippen LogP contribution is 2.27. The zero-order chi connectivity index (χ0) is 13.5. The van der Waals surface area contributed by atoms with Crippen molar-refractivity contribution in [3.05, 3.63) is 30.1 Å². The number of carbonyl (C=O) groups excluding carboxylic acids is 1. The van der Waals surface area contributed by atoms with E-state index in [9.17, 15) is 4.79 Å². The number of carbonyl (C=O) groups is 1. The SMILES string of the molecule is CC(NC(=O)CCC1CCCCC1)c1ccncc1. The summed E-state index contributed by atoms with van der Waals surface area (Å²) in [6, 6.07) is 3.97. The lowest BCUT2D eigenvalue weighted by Gasteiger charge is -2.21. The topological polar surface area (TPSA) is 42.0 Å². The lowest BCUT2D eigenvalue weighted by atomic mass is 9.86. The van der Waals surface area contributed by atoms with Gasteiger partial charge in [-0.3, -0.25) is 9.78 Å². The summed E-state index contributed by atoms with van der Waals surface area (Å²) >= 11 is 0. The lowest BCUT2D eigenvalue weighted by molar-refractivity contribution is -0.122. The third-order valence-corrected chi connectivity index (χ3v) is 4.09. The van der Waals surface area contributed by atoms with E-state index < -0.39 is 0 Å². The number of nitrogens with zero attached hydrogens (tertiary/aromatic N) is 1. The van der Waals surface area contributed by atoms with Crippen molar-refractivity contribution in [3.8, 4) is 0 Å². The van der Waals surface area contributed by atoms with Crippen molar-refractivity contribution in [2.75, 3.05) is 0 Å². The number of amides is 1. The maximum atomic E-state index is 11.9. The van der Waals surface area contributed by atoms with Crippen molar-refractivity contribution in [3.63, 3.8) is 0 Å². The van der Waals surface area contributed by atoms with Gasteiger partial charge in [0.1, 0.15) is 0 Å². The first kappa shape index (κ1) is 14.0. The fourth-order valence-electron chi connectivity index (χ4n) is 2.86. The van der Waals surface area contributed by atoms with Crippen LogP contribution in [0.1, 0.15) is 63.5 Å². The highest BCUT2D eigenvalue weighted by molar-refractivity contribution is 5.76. The fourth-order valence-corrected chi connectivity index (χ4v) is 2.86. The minimum absolute atomic E-state index is 0.0712. The van der Waals surface area contributed by atoms with Crippen LogP contribution in [0.25, 0.3) is 0 Å². The van der Waals surface area contributed by atoms with Gasteiger partial charge in [-0.25, -0.2) is 0 Å². The first-order chi connectivity index (χ1) is 9.25. The van der Waals surface area contributed by atoms with Crippen LogP contribution in [0.2, 0.25) is 0 Å². The fraction of sp³-hybridized carbons (Fsp3) is 0.625. The summed E-state index contributed by atoms with van der Waals surface area (Å²) in [7, 11) is 0. The minimum Gasteiger partial charge on any atom is -0.350 e. The Bertz CT molecular complexity index is 385. The van der Waals surface area contributed by atoms with E-state index in [1.54, 1.807) is 12.4 Å². The Hall–Kier alpha value is -1.38. The van der Waals surface area contributed by atoms with Crippen molar-refractivity contribution >= 4 is 5.91 Å². The van der Waals surface area contributed by atoms with Crippen molar-refractivity contribution < 1.29 is 4.79 Å². The van der Waals surface area contributed by atoms with Gasteiger partial charge in [-0.05, 0) is 37.0 Å². The number of aromatic nitrogens is 1. The molecule has 0 aliphatic heterocycles. The largest absolute Gasteiger partial charge is 0.350 e. The van der Waals surface area contributed by atoms with Crippen LogP contribution in [-0.4, -0.2) is 10.9 Å². The zero-order valence-corrected chi connectivity index (χ0v) is 11.8. The summed E-state index contributed by atoms with van der Waals surface area (Å²) in [5.41, 5.74) is 1.11. The zero-order valence-electron chi connectivity index (χ0n) is 11.8. The average Bonchev–Trinajstić information content (AvgIpc) is 2.47. The van der Waals surface area contributed by atoms with Gasteiger partial charge in [-0.1, -0.05) is 32.1 Å². The maximum absolute atomic E-state index is 11.9. The molecular formula is C16H24N2O. The Balaban J connectivity index is 1.71. The van der Waals surface area contributed by atoms with Crippen LogP contribution in [0.3, 0.4) is 0 Å². The van der Waals surface area contributed by atoms with Crippen molar-refractivity contribution in [2.24, 2.45) is 5.92 Å². The molecule has 0 saturated heterocycles. The van der Waals surface area contributed by atoms with Gasteiger partial charge in [-0.15, -0.1) is 0 Å². The first-order valence-electron chi connectivity index (χ1n) is 7.45. The molecule has 0 spiro atoms. The Morgan fingerprint density at radius 2 is 2.00 bits per heavy atom. The van der Waals surface area contributed by atoms with Crippen LogP contribution in [0.5, 0.6) is 0 Å². The van der Waals surface area contributed by atoms with E-state index in [1.165, 1.54) is 32.1 Å². The predicted molar refractivity (Wildman–Crippen MR) is 76.6 cm³/mol. The van der Waals surface area contributed by atoms with E-state index in [-0.39, 0.29) is 11.9 Å². The van der Waals surface area contributed by atoms with Crippen LogP contribution in [0.15, 0.2) is 24.5 Å². The maximum Gasteiger partial charge on any atom is 0.220 e. The van der Waals surface area contributed by atoms with Gasteiger partial charge in [0, 0.05) is 18.8 Å². The molecule has 1 amide bonds. The van der Waals surface area contributed by atoms with Gasteiger partial charge in [0.15, 0.2) is 0 Å². The molecule has 0 bridgehead atoms. The lowest BCUT2D eigenvalue weighted by Crippen LogP contribution is -2.27. The van der Waals surface area contributed by atoms with E-state index in [1.807, 2.05) is 19.1 Å². The monoisotopic (exact) mass is 260 g/mol. The molecule has 1 aliphatic carbocycles. The molecule has 1 atom stereocenters. The molecule has 1 heterocycles. The smallest absolute Gasteiger partial charge is 0.220 e. The molecular weight excluding hydrogens is 236 g/mol. The Kier molecular flexibility index (Phi) is 5.37. The predicted octanol–water partition coefficient (Wildman–Crippen LogP) is 3.62. The summed E-state index contributed by atoms with van der Waals surface area (Å²) < 4.78 is 0. The summed E-state index contributed by atoms with van der Waals surface area (Å²) in [6.07, 6.45) is 11.9. The van der Waals surface area contributed by atoms with Gasteiger partial charge in [0.2, 0.25) is 5.91 Å². The summed E-state index contributed by atoms with van der Waals surface area (Å²) in [5, 5.41) is 3.07. The highest BCUT2D eigenvalue weighted by Gasteiger charge is 2.15. The van der Waals surface area contributed by atoms with Crippen molar-refractivity contribution in [2.45, 2.75) is 57.9 Å². The van der Waals surface area contributed by atoms with Crippen molar-refractivity contribution in [1.82, 2.24) is 10.3 Å². The number of hydrogen-bond donors (Lipinski definition) is 1. The molecule has 1 fully saturated rings. The van der Waals surface area contributed by atoms with Gasteiger partial charge >= 0.3 is 0 Å². The molecule has 1 saturated carbocycles. The molecule has 1 aromatic heterocycles. The first-order valence-corrected chi connectivity index (χ1v) is 7.45. The Labute approximate surface area is 115 Å². The quantitative estimate of drug-likeness (QED) is 0.878. The Morgan fingerprint density at radius 3 is 2.68 bits per heavy atom. The average molecular weight is 260 g/mol. The Morgan fingerprint density at radius 1 is 1.32 bits per heavy atom. The summed E-state index contributed by atoms with van der Waals surface area (Å²) in [4.78, 5) is 15.9. The standard InChI is InChI=1S/C16H24N2O/c1-13(15-9-11-17-12-10-15)18-16(19)8-7-14-5-3-2-4-6-14/h9-14H,2-8H2,1H3,(H,18,19). The molecule has 1 aliphatic rings. The molecule has 104 valence electrons. The molecule has 0 aromatic carbocycles. The molecule has 3 nitrogen and oxygen atoms in total. The van der Waals surface area contributed by atoms with Crippen LogP contribution in [0, 0.1) is 5.92 Å². The van der Waals surface area contributed by atoms with Crippen LogP contribution >= 0.6 is 0 Å². The summed E-state index contributed by atoms with van der Waals surface area (Å²) in [5.74, 6) is 0.950. The number of pyridine rings is 1. The van der Waals surface area contributed by atoms with Gasteiger partial charge in [0.05, 0.1) is 6.04 Å². The molecule has 1 unspecified atom stereocenters. The molecule has 0 radical (unpaired) electrons. The van der Waals surface area contributed by atoms with Gasteiger partial charge in [-0.2, -0.15) is 0 Å². The van der Waals surface area contributed by atoms with E-state index in [2.05, 4.69) is 10.3 Å². The summed E-state index contributed by atoms with van der Waals surface area (Å²) in [6.45, 7) is 2.02. The number of hydrogen-bond acceptors (Lipinski definition) is 2. The number of nitrogens with one attached hydrogen (secondary N) is 1. The van der Waals surface area contributed by atoms with E-state index in [4.69, 9.17) is 0 Å². The van der Waals surface area contributed by atoms with Crippen molar-refractivity contribution in [1.29, 1.82) is 0 Å². The number of rotatable bonds is 5. The third kappa shape index (κ3) is 4.66. The van der Waals surface area contributed by atoms with Crippen LogP contribution < -0.4 is 5.32 Å². The molecule has 19 heavy (non-hydrogen) atoms. The van der Waals surface area contributed by atoms with E-state index in [0.29, 0.717) is 6.42 Å². The van der Waals surface area contributed by atoms with E-state index >= 15 is 0 Å². The highest BCUT2D eigenvalue weighted by atomic mass is 16.1.